The minimum Gasteiger partial charge on any atom is -0.364 e. The maximum atomic E-state index is 4.20. The zero-order valence-corrected chi connectivity index (χ0v) is 9.27. The molecule has 2 heterocycles. The van der Waals surface area contributed by atoms with Gasteiger partial charge in [0.2, 0.25) is 0 Å². The number of hydrogen-bond acceptors (Lipinski definition) is 4. The Bertz CT molecular complexity index is 424. The maximum absolute atomic E-state index is 4.20. The number of nitrogens with one attached hydrogen (secondary N) is 2. The summed E-state index contributed by atoms with van der Waals surface area (Å²) < 4.78 is 0. The molecular formula is C11H15N5. The number of anilines is 1. The van der Waals surface area contributed by atoms with Gasteiger partial charge < -0.3 is 5.32 Å². The van der Waals surface area contributed by atoms with Crippen LogP contribution < -0.4 is 5.32 Å². The lowest BCUT2D eigenvalue weighted by molar-refractivity contribution is 0.870. The summed E-state index contributed by atoms with van der Waals surface area (Å²) >= 11 is 0. The molecule has 0 saturated heterocycles. The average molecular weight is 217 g/mol. The predicted molar refractivity (Wildman–Crippen MR) is 61.9 cm³/mol. The Balaban J connectivity index is 1.96. The molecule has 2 aromatic rings. The second-order valence-electron chi connectivity index (χ2n) is 3.58. The van der Waals surface area contributed by atoms with Crippen molar-refractivity contribution in [3.8, 4) is 0 Å². The van der Waals surface area contributed by atoms with Crippen LogP contribution in [0.3, 0.4) is 0 Å². The molecule has 5 nitrogen and oxygen atoms in total. The topological polar surface area (TPSA) is 66.5 Å². The van der Waals surface area contributed by atoms with E-state index < -0.39 is 0 Å². The molecule has 2 aromatic heterocycles. The van der Waals surface area contributed by atoms with Crippen molar-refractivity contribution in [1.29, 1.82) is 0 Å². The lowest BCUT2D eigenvalue weighted by Gasteiger charge is -2.04. The Morgan fingerprint density at radius 1 is 1.38 bits per heavy atom. The maximum Gasteiger partial charge on any atom is 0.129 e. The van der Waals surface area contributed by atoms with Gasteiger partial charge in [0.25, 0.3) is 0 Å². The monoisotopic (exact) mass is 217 g/mol. The Morgan fingerprint density at radius 3 is 3.06 bits per heavy atom. The predicted octanol–water partition coefficient (Wildman–Crippen LogP) is 1.76. The van der Waals surface area contributed by atoms with Crippen LogP contribution in [0.25, 0.3) is 0 Å². The second kappa shape index (κ2) is 5.25. The molecule has 0 radical (unpaired) electrons. The number of hydrogen-bond donors (Lipinski definition) is 2. The molecular weight excluding hydrogens is 202 g/mol. The van der Waals surface area contributed by atoms with Crippen molar-refractivity contribution in [2.75, 3.05) is 5.32 Å². The first kappa shape index (κ1) is 10.6. The summed E-state index contributed by atoms with van der Waals surface area (Å²) in [4.78, 5) is 8.37. The van der Waals surface area contributed by atoms with Crippen LogP contribution in [0.4, 0.5) is 5.82 Å². The molecule has 2 rings (SSSR count). The van der Waals surface area contributed by atoms with Crippen LogP contribution in [0.1, 0.15) is 24.7 Å². The van der Waals surface area contributed by atoms with E-state index in [1.807, 2.05) is 12.1 Å². The second-order valence-corrected chi connectivity index (χ2v) is 3.58. The molecule has 2 N–H and O–H groups in total. The normalized spacial score (nSPS) is 10.3. The fraction of sp³-hybridized carbons (Fsp3) is 0.364. The third-order valence-electron chi connectivity index (χ3n) is 2.25. The molecule has 0 spiro atoms. The molecule has 0 aliphatic heterocycles. The average Bonchev–Trinajstić information content (AvgIpc) is 2.80. The van der Waals surface area contributed by atoms with Crippen LogP contribution in [0.2, 0.25) is 0 Å². The molecule has 0 aromatic carbocycles. The number of aromatic nitrogens is 4. The fourth-order valence-corrected chi connectivity index (χ4v) is 1.46. The third-order valence-corrected chi connectivity index (χ3v) is 2.25. The smallest absolute Gasteiger partial charge is 0.129 e. The summed E-state index contributed by atoms with van der Waals surface area (Å²) in [6.07, 6.45) is 5.41. The van der Waals surface area contributed by atoms with E-state index in [2.05, 4.69) is 32.4 Å². The van der Waals surface area contributed by atoms with E-state index >= 15 is 0 Å². The van der Waals surface area contributed by atoms with Crippen molar-refractivity contribution < 1.29 is 0 Å². The third kappa shape index (κ3) is 2.79. The molecule has 0 fully saturated rings. The number of rotatable bonds is 5. The van der Waals surface area contributed by atoms with Crippen molar-refractivity contribution in [2.24, 2.45) is 0 Å². The van der Waals surface area contributed by atoms with Gasteiger partial charge in [-0.2, -0.15) is 5.10 Å². The molecule has 0 atom stereocenters. The molecule has 0 aliphatic carbocycles. The number of aryl methyl sites for hydroxylation is 1. The summed E-state index contributed by atoms with van der Waals surface area (Å²) in [6.45, 7) is 2.84. The van der Waals surface area contributed by atoms with Gasteiger partial charge >= 0.3 is 0 Å². The summed E-state index contributed by atoms with van der Waals surface area (Å²) in [5.41, 5.74) is 2.11. The summed E-state index contributed by atoms with van der Waals surface area (Å²) in [5.74, 6) is 0.855. The fourth-order valence-electron chi connectivity index (χ4n) is 1.46. The molecule has 5 heteroatoms. The Labute approximate surface area is 94.3 Å². The minimum absolute atomic E-state index is 0.697. The summed E-state index contributed by atoms with van der Waals surface area (Å²) in [6, 6.07) is 3.92. The molecule has 84 valence electrons. The van der Waals surface area contributed by atoms with Crippen molar-refractivity contribution in [1.82, 2.24) is 20.2 Å². The molecule has 0 unspecified atom stereocenters. The van der Waals surface area contributed by atoms with Crippen LogP contribution in [0.15, 0.2) is 24.7 Å². The van der Waals surface area contributed by atoms with Gasteiger partial charge in [-0.1, -0.05) is 13.3 Å². The van der Waals surface area contributed by atoms with Crippen LogP contribution in [0.5, 0.6) is 0 Å². The quantitative estimate of drug-likeness (QED) is 0.801. The van der Waals surface area contributed by atoms with E-state index in [1.54, 1.807) is 12.5 Å². The lowest BCUT2D eigenvalue weighted by atomic mass is 10.2. The van der Waals surface area contributed by atoms with Crippen LogP contribution >= 0.6 is 0 Å². The molecule has 16 heavy (non-hydrogen) atoms. The first-order valence-electron chi connectivity index (χ1n) is 5.41. The first-order valence-corrected chi connectivity index (χ1v) is 5.41. The molecule has 0 saturated carbocycles. The highest BCUT2D eigenvalue weighted by Crippen LogP contribution is 2.07. The van der Waals surface area contributed by atoms with E-state index in [1.165, 1.54) is 0 Å². The highest BCUT2D eigenvalue weighted by atomic mass is 15.1. The van der Waals surface area contributed by atoms with E-state index in [0.29, 0.717) is 6.54 Å². The van der Waals surface area contributed by atoms with E-state index in [0.717, 1.165) is 30.0 Å². The Morgan fingerprint density at radius 2 is 2.31 bits per heavy atom. The summed E-state index contributed by atoms with van der Waals surface area (Å²) in [7, 11) is 0. The minimum atomic E-state index is 0.697. The molecule has 0 aliphatic rings. The van der Waals surface area contributed by atoms with Gasteiger partial charge in [0, 0.05) is 18.0 Å². The van der Waals surface area contributed by atoms with Crippen LogP contribution in [-0.4, -0.2) is 20.2 Å². The van der Waals surface area contributed by atoms with Crippen molar-refractivity contribution in [2.45, 2.75) is 26.3 Å². The van der Waals surface area contributed by atoms with Gasteiger partial charge in [-0.25, -0.2) is 9.97 Å². The Hall–Kier alpha value is -1.91. The largest absolute Gasteiger partial charge is 0.364 e. The molecule has 0 bridgehead atoms. The van der Waals surface area contributed by atoms with Crippen LogP contribution in [-0.2, 0) is 13.0 Å². The van der Waals surface area contributed by atoms with E-state index in [9.17, 15) is 0 Å². The van der Waals surface area contributed by atoms with Gasteiger partial charge in [0.1, 0.15) is 12.1 Å². The van der Waals surface area contributed by atoms with Crippen LogP contribution in [0, 0.1) is 0 Å². The number of nitrogens with zero attached hydrogens (tertiary/aromatic N) is 3. The highest BCUT2D eigenvalue weighted by Gasteiger charge is 1.98. The first-order chi connectivity index (χ1) is 7.88. The van der Waals surface area contributed by atoms with Gasteiger partial charge in [0.05, 0.1) is 12.2 Å². The number of aromatic amines is 1. The van der Waals surface area contributed by atoms with Gasteiger partial charge in [-0.05, 0) is 12.5 Å². The van der Waals surface area contributed by atoms with E-state index in [-0.39, 0.29) is 0 Å². The highest BCUT2D eigenvalue weighted by molar-refractivity contribution is 5.35. The zero-order valence-electron chi connectivity index (χ0n) is 9.27. The van der Waals surface area contributed by atoms with Crippen molar-refractivity contribution >= 4 is 5.82 Å². The van der Waals surface area contributed by atoms with E-state index in [4.69, 9.17) is 0 Å². The standard InChI is InChI=1S/C11H15N5/c1-2-3-9-6-11(14-8-13-9)12-7-10-4-5-15-16-10/h4-6,8H,2-3,7H2,1H3,(H,15,16)(H,12,13,14). The SMILES string of the molecule is CCCc1cc(NCc2ccn[nH]2)ncn1. The number of H-pyrrole nitrogens is 1. The van der Waals surface area contributed by atoms with Crippen molar-refractivity contribution in [3.05, 3.63) is 36.0 Å². The van der Waals surface area contributed by atoms with Gasteiger partial charge in [-0.3, -0.25) is 5.10 Å². The summed E-state index contributed by atoms with van der Waals surface area (Å²) in [5, 5.41) is 10.00. The van der Waals surface area contributed by atoms with Crippen molar-refractivity contribution in [3.63, 3.8) is 0 Å². The Kier molecular flexibility index (Phi) is 3.48. The molecule has 0 amide bonds. The van der Waals surface area contributed by atoms with Gasteiger partial charge in [0.15, 0.2) is 0 Å². The zero-order chi connectivity index (χ0) is 11.2. The lowest BCUT2D eigenvalue weighted by Crippen LogP contribution is -2.03. The van der Waals surface area contributed by atoms with Gasteiger partial charge in [-0.15, -0.1) is 0 Å².